The number of nitrogens with one attached hydrogen (secondary N) is 1. The van der Waals surface area contributed by atoms with Crippen molar-refractivity contribution in [1.29, 1.82) is 0 Å². The summed E-state index contributed by atoms with van der Waals surface area (Å²) in [5.74, 6) is 0.735. The van der Waals surface area contributed by atoms with Crippen LogP contribution in [0.4, 0.5) is 0 Å². The van der Waals surface area contributed by atoms with Crippen molar-refractivity contribution < 1.29 is 0 Å². The molecule has 0 unspecified atom stereocenters. The van der Waals surface area contributed by atoms with E-state index in [1.165, 1.54) is 18.4 Å². The fraction of sp³-hybridized carbons (Fsp3) is 0.455. The van der Waals surface area contributed by atoms with Gasteiger partial charge in [0, 0.05) is 24.5 Å². The fourth-order valence-electron chi connectivity index (χ4n) is 1.88. The maximum absolute atomic E-state index is 4.48. The highest BCUT2D eigenvalue weighted by atomic mass is 15.2. The molecular weight excluding hydrogens is 188 g/mol. The molecule has 1 fully saturated rings. The maximum Gasteiger partial charge on any atom is 0.159 e. The highest BCUT2D eigenvalue weighted by molar-refractivity contribution is 5.46. The van der Waals surface area contributed by atoms with Gasteiger partial charge in [-0.15, -0.1) is 0 Å². The zero-order chi connectivity index (χ0) is 10.3. The van der Waals surface area contributed by atoms with Crippen molar-refractivity contribution in [3.05, 3.63) is 29.7 Å². The largest absolute Gasteiger partial charge is 0.315 e. The van der Waals surface area contributed by atoms with E-state index in [0.717, 1.165) is 23.7 Å². The Hall–Kier alpha value is -1.42. The Morgan fingerprint density at radius 1 is 1.47 bits per heavy atom. The van der Waals surface area contributed by atoms with Gasteiger partial charge in [-0.1, -0.05) is 0 Å². The Morgan fingerprint density at radius 3 is 3.07 bits per heavy atom. The Bertz CT molecular complexity index is 484. The van der Waals surface area contributed by atoms with E-state index in [2.05, 4.69) is 21.6 Å². The minimum absolute atomic E-state index is 0.735. The summed E-state index contributed by atoms with van der Waals surface area (Å²) in [6, 6.07) is 0. The Morgan fingerprint density at radius 2 is 2.33 bits per heavy atom. The number of rotatable bonds is 3. The second-order valence-corrected chi connectivity index (χ2v) is 4.13. The minimum atomic E-state index is 0.735. The lowest BCUT2D eigenvalue weighted by atomic mass is 10.2. The van der Waals surface area contributed by atoms with Crippen LogP contribution in [0.15, 0.2) is 18.6 Å². The minimum Gasteiger partial charge on any atom is -0.315 e. The zero-order valence-electron chi connectivity index (χ0n) is 8.77. The van der Waals surface area contributed by atoms with E-state index in [1.807, 2.05) is 24.0 Å². The van der Waals surface area contributed by atoms with E-state index in [-0.39, 0.29) is 0 Å². The third-order valence-electron chi connectivity index (χ3n) is 2.87. The first-order valence-corrected chi connectivity index (χ1v) is 5.35. The quantitative estimate of drug-likeness (QED) is 0.816. The molecule has 0 bridgehead atoms. The fourth-order valence-corrected chi connectivity index (χ4v) is 1.88. The number of aromatic nitrogens is 3. The van der Waals surface area contributed by atoms with Crippen molar-refractivity contribution in [2.24, 2.45) is 0 Å². The molecule has 0 atom stereocenters. The third kappa shape index (κ3) is 1.51. The van der Waals surface area contributed by atoms with Gasteiger partial charge in [0.05, 0.1) is 6.20 Å². The highest BCUT2D eigenvalue weighted by Gasteiger charge is 2.24. The third-order valence-corrected chi connectivity index (χ3v) is 2.87. The molecule has 2 heterocycles. The van der Waals surface area contributed by atoms with Gasteiger partial charge in [-0.25, -0.2) is 9.50 Å². The summed E-state index contributed by atoms with van der Waals surface area (Å²) in [4.78, 5) is 4.48. The normalized spacial score (nSPS) is 16.1. The van der Waals surface area contributed by atoms with Gasteiger partial charge < -0.3 is 5.32 Å². The van der Waals surface area contributed by atoms with Crippen LogP contribution in [0, 0.1) is 0 Å². The van der Waals surface area contributed by atoms with Crippen molar-refractivity contribution in [3.8, 4) is 0 Å². The topological polar surface area (TPSA) is 42.2 Å². The molecule has 0 saturated heterocycles. The average Bonchev–Trinajstić information content (AvgIpc) is 3.03. The number of hydrogen-bond donors (Lipinski definition) is 1. The molecule has 0 amide bonds. The summed E-state index contributed by atoms with van der Waals surface area (Å²) in [6.07, 6.45) is 8.60. The molecule has 4 nitrogen and oxygen atoms in total. The van der Waals surface area contributed by atoms with E-state index >= 15 is 0 Å². The van der Waals surface area contributed by atoms with Crippen LogP contribution in [0.3, 0.4) is 0 Å². The molecule has 4 heteroatoms. The lowest BCUT2D eigenvalue weighted by Crippen LogP contribution is -2.05. The molecule has 0 radical (unpaired) electrons. The molecule has 1 saturated carbocycles. The monoisotopic (exact) mass is 202 g/mol. The van der Waals surface area contributed by atoms with Crippen LogP contribution in [0.2, 0.25) is 0 Å². The smallest absolute Gasteiger partial charge is 0.159 e. The van der Waals surface area contributed by atoms with E-state index in [1.54, 1.807) is 0 Å². The van der Waals surface area contributed by atoms with Gasteiger partial charge in [0.2, 0.25) is 0 Å². The molecule has 2 aromatic heterocycles. The van der Waals surface area contributed by atoms with Gasteiger partial charge in [-0.05, 0) is 31.4 Å². The van der Waals surface area contributed by atoms with Gasteiger partial charge in [0.25, 0.3) is 0 Å². The number of nitrogens with zero attached hydrogens (tertiary/aromatic N) is 3. The van der Waals surface area contributed by atoms with Crippen LogP contribution in [0.5, 0.6) is 0 Å². The molecule has 0 spiro atoms. The van der Waals surface area contributed by atoms with Crippen LogP contribution in [-0.2, 0) is 6.54 Å². The molecule has 0 aromatic carbocycles. The second kappa shape index (κ2) is 3.31. The predicted molar refractivity (Wildman–Crippen MR) is 57.7 cm³/mol. The summed E-state index contributed by atoms with van der Waals surface area (Å²) in [5.41, 5.74) is 3.44. The summed E-state index contributed by atoms with van der Waals surface area (Å²) in [7, 11) is 1.93. The van der Waals surface area contributed by atoms with Crippen molar-refractivity contribution in [1.82, 2.24) is 19.9 Å². The predicted octanol–water partition coefficient (Wildman–Crippen LogP) is 1.33. The van der Waals surface area contributed by atoms with E-state index in [9.17, 15) is 0 Å². The Labute approximate surface area is 88.3 Å². The van der Waals surface area contributed by atoms with E-state index in [0.29, 0.717) is 0 Å². The van der Waals surface area contributed by atoms with Crippen LogP contribution in [0.25, 0.3) is 5.65 Å². The summed E-state index contributed by atoms with van der Waals surface area (Å²) >= 11 is 0. The van der Waals surface area contributed by atoms with Gasteiger partial charge in [-0.3, -0.25) is 0 Å². The molecule has 0 aliphatic heterocycles. The first-order chi connectivity index (χ1) is 7.38. The standard InChI is InChI=1S/C11H14N4/c1-12-4-9-6-14-15-7-10(8-2-3-8)5-13-11(9)15/h5-8,12H,2-4H2,1H3. The Kier molecular flexibility index (Phi) is 1.95. The SMILES string of the molecule is CNCc1cnn2cc(C3CC3)cnc12. The van der Waals surface area contributed by atoms with Crippen molar-refractivity contribution >= 4 is 5.65 Å². The molecular formula is C11H14N4. The summed E-state index contributed by atoms with van der Waals surface area (Å²) in [5, 5.41) is 7.44. The van der Waals surface area contributed by atoms with Crippen molar-refractivity contribution in [2.75, 3.05) is 7.05 Å². The zero-order valence-corrected chi connectivity index (χ0v) is 8.77. The van der Waals surface area contributed by atoms with Crippen LogP contribution < -0.4 is 5.32 Å². The number of hydrogen-bond acceptors (Lipinski definition) is 3. The second-order valence-electron chi connectivity index (χ2n) is 4.13. The number of fused-ring (bicyclic) bond motifs is 1. The van der Waals surface area contributed by atoms with Gasteiger partial charge in [0.1, 0.15) is 0 Å². The highest BCUT2D eigenvalue weighted by Crippen LogP contribution is 2.39. The van der Waals surface area contributed by atoms with Crippen LogP contribution in [0.1, 0.15) is 29.9 Å². The molecule has 1 aliphatic rings. The molecule has 2 aromatic rings. The lowest BCUT2D eigenvalue weighted by Gasteiger charge is -2.00. The van der Waals surface area contributed by atoms with E-state index in [4.69, 9.17) is 0 Å². The summed E-state index contributed by atoms with van der Waals surface area (Å²) < 4.78 is 1.89. The molecule has 78 valence electrons. The molecule has 3 rings (SSSR count). The molecule has 15 heavy (non-hydrogen) atoms. The van der Waals surface area contributed by atoms with E-state index < -0.39 is 0 Å². The maximum atomic E-state index is 4.48. The Balaban J connectivity index is 2.05. The van der Waals surface area contributed by atoms with Gasteiger partial charge in [0.15, 0.2) is 5.65 Å². The van der Waals surface area contributed by atoms with Crippen molar-refractivity contribution in [3.63, 3.8) is 0 Å². The first-order valence-electron chi connectivity index (χ1n) is 5.35. The van der Waals surface area contributed by atoms with Gasteiger partial charge >= 0.3 is 0 Å². The lowest BCUT2D eigenvalue weighted by molar-refractivity contribution is 0.821. The summed E-state index contributed by atoms with van der Waals surface area (Å²) in [6.45, 7) is 0.819. The van der Waals surface area contributed by atoms with Crippen molar-refractivity contribution in [2.45, 2.75) is 25.3 Å². The average molecular weight is 202 g/mol. The molecule has 1 aliphatic carbocycles. The molecule has 1 N–H and O–H groups in total. The van der Waals surface area contributed by atoms with Crippen LogP contribution in [-0.4, -0.2) is 21.6 Å². The van der Waals surface area contributed by atoms with Crippen LogP contribution >= 0.6 is 0 Å². The van der Waals surface area contributed by atoms with Gasteiger partial charge in [-0.2, -0.15) is 5.10 Å². The first kappa shape index (κ1) is 8.85.